The maximum absolute atomic E-state index is 5.37. The van der Waals surface area contributed by atoms with Gasteiger partial charge >= 0.3 is 0 Å². The van der Waals surface area contributed by atoms with Crippen LogP contribution in [0.1, 0.15) is 0 Å². The molecule has 0 bridgehead atoms. The lowest BCUT2D eigenvalue weighted by atomic mass is 10.3. The van der Waals surface area contributed by atoms with Crippen LogP contribution in [-0.4, -0.2) is 46.2 Å². The number of rotatable bonds is 2. The van der Waals surface area contributed by atoms with E-state index >= 15 is 0 Å². The summed E-state index contributed by atoms with van der Waals surface area (Å²) >= 11 is 0. The number of para-hydroxylation sites is 2. The molecule has 0 radical (unpaired) electrons. The first-order valence-corrected chi connectivity index (χ1v) is 7.00. The van der Waals surface area contributed by atoms with Crippen molar-refractivity contribution in [1.82, 2.24) is 19.9 Å². The van der Waals surface area contributed by atoms with Crippen molar-refractivity contribution in [3.63, 3.8) is 0 Å². The largest absolute Gasteiger partial charge is 0.378 e. The van der Waals surface area contributed by atoms with Crippen LogP contribution in [0, 0.1) is 0 Å². The number of nitrogens with one attached hydrogen (secondary N) is 1. The molecule has 6 nitrogen and oxygen atoms in total. The lowest BCUT2D eigenvalue weighted by molar-refractivity contribution is 0.122. The van der Waals surface area contributed by atoms with Gasteiger partial charge in [-0.2, -0.15) is 0 Å². The van der Waals surface area contributed by atoms with E-state index in [2.05, 4.69) is 24.8 Å². The van der Waals surface area contributed by atoms with E-state index in [1.807, 2.05) is 24.3 Å². The fourth-order valence-electron chi connectivity index (χ4n) is 2.49. The van der Waals surface area contributed by atoms with Crippen molar-refractivity contribution >= 4 is 16.9 Å². The number of morpholine rings is 1. The van der Waals surface area contributed by atoms with E-state index in [-0.39, 0.29) is 0 Å². The summed E-state index contributed by atoms with van der Waals surface area (Å²) in [7, 11) is 0. The number of hydrogen-bond acceptors (Lipinski definition) is 5. The molecule has 106 valence electrons. The molecule has 1 N–H and O–H groups in total. The van der Waals surface area contributed by atoms with Crippen LogP contribution >= 0.6 is 0 Å². The average molecular weight is 281 g/mol. The normalized spacial score (nSPS) is 15.5. The molecule has 3 aromatic rings. The molecule has 21 heavy (non-hydrogen) atoms. The molecule has 0 saturated carbocycles. The van der Waals surface area contributed by atoms with Crippen molar-refractivity contribution < 1.29 is 4.74 Å². The highest BCUT2D eigenvalue weighted by Crippen LogP contribution is 2.20. The van der Waals surface area contributed by atoms with Crippen LogP contribution in [0.2, 0.25) is 0 Å². The van der Waals surface area contributed by atoms with Crippen LogP contribution in [0.4, 0.5) is 5.82 Å². The molecular weight excluding hydrogens is 266 g/mol. The Hall–Kier alpha value is -2.47. The SMILES string of the molecule is c1ccc2[nH]c(-c3cncc(N4CCOCC4)n3)nc2c1. The standard InChI is InChI=1S/C15H15N5O/c1-2-4-12-11(3-1)18-15(19-12)13-9-16-10-14(17-13)20-5-7-21-8-6-20/h1-4,9-10H,5-8H2,(H,18,19). The first-order chi connectivity index (χ1) is 10.4. The molecule has 0 spiro atoms. The number of nitrogens with zero attached hydrogens (tertiary/aromatic N) is 4. The quantitative estimate of drug-likeness (QED) is 0.776. The van der Waals surface area contributed by atoms with E-state index in [0.717, 1.165) is 54.7 Å². The van der Waals surface area contributed by atoms with Crippen molar-refractivity contribution in [3.05, 3.63) is 36.7 Å². The Balaban J connectivity index is 1.71. The van der Waals surface area contributed by atoms with Crippen LogP contribution in [0.25, 0.3) is 22.6 Å². The Morgan fingerprint density at radius 3 is 2.76 bits per heavy atom. The minimum Gasteiger partial charge on any atom is -0.378 e. The molecule has 3 heterocycles. The fraction of sp³-hybridized carbons (Fsp3) is 0.267. The van der Waals surface area contributed by atoms with Gasteiger partial charge in [0, 0.05) is 13.1 Å². The van der Waals surface area contributed by atoms with Crippen molar-refractivity contribution in [2.24, 2.45) is 0 Å². The Bertz CT molecular complexity index is 730. The molecule has 0 atom stereocenters. The molecule has 2 aromatic heterocycles. The smallest absolute Gasteiger partial charge is 0.158 e. The molecular formula is C15H15N5O. The minimum atomic E-state index is 0.733. The Morgan fingerprint density at radius 1 is 1.05 bits per heavy atom. The highest BCUT2D eigenvalue weighted by atomic mass is 16.5. The molecule has 1 aliphatic rings. The van der Waals surface area contributed by atoms with E-state index in [0.29, 0.717) is 0 Å². The third-order valence-corrected chi connectivity index (χ3v) is 3.59. The van der Waals surface area contributed by atoms with Gasteiger partial charge in [-0.15, -0.1) is 0 Å². The Kier molecular flexibility index (Phi) is 3.01. The van der Waals surface area contributed by atoms with Gasteiger partial charge in [0.25, 0.3) is 0 Å². The second-order valence-electron chi connectivity index (χ2n) is 4.96. The minimum absolute atomic E-state index is 0.733. The van der Waals surface area contributed by atoms with Gasteiger partial charge in [0.05, 0.1) is 36.6 Å². The van der Waals surface area contributed by atoms with Gasteiger partial charge in [-0.25, -0.2) is 9.97 Å². The highest BCUT2D eigenvalue weighted by Gasteiger charge is 2.14. The summed E-state index contributed by atoms with van der Waals surface area (Å²) in [6.45, 7) is 3.16. The van der Waals surface area contributed by atoms with Crippen LogP contribution < -0.4 is 4.90 Å². The van der Waals surface area contributed by atoms with Gasteiger partial charge in [0.1, 0.15) is 11.5 Å². The van der Waals surface area contributed by atoms with Crippen LogP contribution in [0.15, 0.2) is 36.7 Å². The van der Waals surface area contributed by atoms with Crippen LogP contribution in [0.3, 0.4) is 0 Å². The number of H-pyrrole nitrogens is 1. The van der Waals surface area contributed by atoms with Crippen molar-refractivity contribution in [2.45, 2.75) is 0 Å². The lowest BCUT2D eigenvalue weighted by Crippen LogP contribution is -2.36. The molecule has 1 aliphatic heterocycles. The zero-order valence-corrected chi connectivity index (χ0v) is 11.5. The third kappa shape index (κ3) is 2.34. The zero-order valence-electron chi connectivity index (χ0n) is 11.5. The maximum atomic E-state index is 5.37. The second kappa shape index (κ2) is 5.14. The maximum Gasteiger partial charge on any atom is 0.158 e. The van der Waals surface area contributed by atoms with Gasteiger partial charge in [-0.1, -0.05) is 12.1 Å². The summed E-state index contributed by atoms with van der Waals surface area (Å²) in [4.78, 5) is 19.0. The Morgan fingerprint density at radius 2 is 1.90 bits per heavy atom. The summed E-state index contributed by atoms with van der Waals surface area (Å²) in [6, 6.07) is 7.95. The number of aromatic nitrogens is 4. The first-order valence-electron chi connectivity index (χ1n) is 7.00. The van der Waals surface area contributed by atoms with Crippen molar-refractivity contribution in [1.29, 1.82) is 0 Å². The van der Waals surface area contributed by atoms with Gasteiger partial charge in [0.2, 0.25) is 0 Å². The second-order valence-corrected chi connectivity index (χ2v) is 4.96. The number of aromatic amines is 1. The highest BCUT2D eigenvalue weighted by molar-refractivity contribution is 5.78. The molecule has 0 amide bonds. The molecule has 1 saturated heterocycles. The van der Waals surface area contributed by atoms with Crippen LogP contribution in [-0.2, 0) is 4.74 Å². The van der Waals surface area contributed by atoms with E-state index < -0.39 is 0 Å². The summed E-state index contributed by atoms with van der Waals surface area (Å²) in [5.74, 6) is 1.62. The van der Waals surface area contributed by atoms with E-state index in [9.17, 15) is 0 Å². The van der Waals surface area contributed by atoms with Gasteiger partial charge in [-0.3, -0.25) is 4.98 Å². The lowest BCUT2D eigenvalue weighted by Gasteiger charge is -2.27. The predicted molar refractivity (Wildman–Crippen MR) is 80.2 cm³/mol. The number of imidazole rings is 1. The summed E-state index contributed by atoms with van der Waals surface area (Å²) in [6.07, 6.45) is 3.53. The number of benzene rings is 1. The topological polar surface area (TPSA) is 66.9 Å². The number of ether oxygens (including phenoxy) is 1. The summed E-state index contributed by atoms with van der Waals surface area (Å²) in [5.41, 5.74) is 2.70. The van der Waals surface area contributed by atoms with E-state index in [4.69, 9.17) is 4.74 Å². The molecule has 0 unspecified atom stereocenters. The molecule has 4 rings (SSSR count). The Labute approximate surface area is 121 Å². The first kappa shape index (κ1) is 12.3. The molecule has 1 fully saturated rings. The molecule has 6 heteroatoms. The zero-order chi connectivity index (χ0) is 14.1. The van der Waals surface area contributed by atoms with Gasteiger partial charge in [0.15, 0.2) is 5.82 Å². The van der Waals surface area contributed by atoms with E-state index in [1.165, 1.54) is 0 Å². The average Bonchev–Trinajstić information content (AvgIpc) is 3.00. The summed E-state index contributed by atoms with van der Waals surface area (Å²) in [5, 5.41) is 0. The van der Waals surface area contributed by atoms with E-state index in [1.54, 1.807) is 12.4 Å². The number of fused-ring (bicyclic) bond motifs is 1. The van der Waals surface area contributed by atoms with Crippen LogP contribution in [0.5, 0.6) is 0 Å². The predicted octanol–water partition coefficient (Wildman–Crippen LogP) is 1.86. The summed E-state index contributed by atoms with van der Waals surface area (Å²) < 4.78 is 5.37. The van der Waals surface area contributed by atoms with Crippen molar-refractivity contribution in [2.75, 3.05) is 31.2 Å². The fourth-order valence-corrected chi connectivity index (χ4v) is 2.49. The van der Waals surface area contributed by atoms with Crippen molar-refractivity contribution in [3.8, 4) is 11.5 Å². The van der Waals surface area contributed by atoms with Gasteiger partial charge in [-0.05, 0) is 12.1 Å². The number of anilines is 1. The third-order valence-electron chi connectivity index (χ3n) is 3.59. The van der Waals surface area contributed by atoms with Gasteiger partial charge < -0.3 is 14.6 Å². The molecule has 1 aromatic carbocycles. The molecule has 0 aliphatic carbocycles. The monoisotopic (exact) mass is 281 g/mol. The number of hydrogen-bond donors (Lipinski definition) is 1.